The average molecular weight is 382 g/mol. The van der Waals surface area contributed by atoms with Crippen LogP contribution in [0, 0.1) is 0 Å². The summed E-state index contributed by atoms with van der Waals surface area (Å²) in [6, 6.07) is 14.1. The first-order valence-electron chi connectivity index (χ1n) is 8.62. The first kappa shape index (κ1) is 20.7. The Bertz CT molecular complexity index is 888. The topological polar surface area (TPSA) is 93.7 Å². The van der Waals surface area contributed by atoms with Crippen LogP contribution in [-0.4, -0.2) is 32.1 Å². The molecular weight excluding hydrogens is 360 g/mol. The largest absolute Gasteiger partial charge is 0.466 e. The molecule has 0 heterocycles. The molecular formula is C21H22N2O5. The van der Waals surface area contributed by atoms with Gasteiger partial charge in [0.2, 0.25) is 0 Å². The standard InChI is InChI=1S/C21H22N2O5/c1-4-14-9-11-15(12-10-14)22-20(25)16-7-5-6-8-17(16)23-18(21(26)28-3)13-19(24)27-2/h5-13,23H,4H2,1-3H3,(H,22,25)/b18-13+. The number of hydrogen-bond donors (Lipinski definition) is 2. The Labute approximate surface area is 163 Å². The summed E-state index contributed by atoms with van der Waals surface area (Å²) >= 11 is 0. The number of carbonyl (C=O) groups excluding carboxylic acids is 3. The smallest absolute Gasteiger partial charge is 0.354 e. The minimum atomic E-state index is -0.768. The molecule has 146 valence electrons. The Morgan fingerprint density at radius 1 is 0.929 bits per heavy atom. The van der Waals surface area contributed by atoms with Crippen LogP contribution in [0.25, 0.3) is 0 Å². The van der Waals surface area contributed by atoms with Crippen molar-refractivity contribution < 1.29 is 23.9 Å². The van der Waals surface area contributed by atoms with Gasteiger partial charge in [0.25, 0.3) is 5.91 Å². The number of amides is 1. The van der Waals surface area contributed by atoms with E-state index in [0.717, 1.165) is 18.1 Å². The third kappa shape index (κ3) is 5.44. The third-order valence-electron chi connectivity index (χ3n) is 3.93. The van der Waals surface area contributed by atoms with Gasteiger partial charge in [0.1, 0.15) is 5.70 Å². The van der Waals surface area contributed by atoms with Gasteiger partial charge in [-0.2, -0.15) is 0 Å². The molecule has 0 fully saturated rings. The van der Waals surface area contributed by atoms with Crippen molar-refractivity contribution in [2.45, 2.75) is 13.3 Å². The number of methoxy groups -OCH3 is 2. The van der Waals surface area contributed by atoms with Gasteiger partial charge in [-0.25, -0.2) is 9.59 Å². The van der Waals surface area contributed by atoms with Gasteiger partial charge < -0.3 is 20.1 Å². The molecule has 0 radical (unpaired) electrons. The van der Waals surface area contributed by atoms with E-state index in [2.05, 4.69) is 27.0 Å². The summed E-state index contributed by atoms with van der Waals surface area (Å²) in [5.74, 6) is -1.86. The lowest BCUT2D eigenvalue weighted by molar-refractivity contribution is -0.138. The van der Waals surface area contributed by atoms with Crippen molar-refractivity contribution in [3.8, 4) is 0 Å². The first-order chi connectivity index (χ1) is 13.5. The monoisotopic (exact) mass is 382 g/mol. The lowest BCUT2D eigenvalue weighted by Gasteiger charge is -2.13. The van der Waals surface area contributed by atoms with Crippen LogP contribution in [0.3, 0.4) is 0 Å². The zero-order valence-corrected chi connectivity index (χ0v) is 15.9. The summed E-state index contributed by atoms with van der Waals surface area (Å²) < 4.78 is 9.22. The van der Waals surface area contributed by atoms with Gasteiger partial charge in [0, 0.05) is 5.69 Å². The van der Waals surface area contributed by atoms with E-state index in [9.17, 15) is 14.4 Å². The second-order valence-electron chi connectivity index (χ2n) is 5.75. The van der Waals surface area contributed by atoms with E-state index in [-0.39, 0.29) is 11.6 Å². The van der Waals surface area contributed by atoms with Gasteiger partial charge in [0.05, 0.1) is 31.5 Å². The molecule has 2 rings (SSSR count). The molecule has 1 amide bonds. The molecule has 7 nitrogen and oxygen atoms in total. The van der Waals surface area contributed by atoms with Crippen molar-refractivity contribution in [3.63, 3.8) is 0 Å². The minimum Gasteiger partial charge on any atom is -0.466 e. The number of nitrogens with one attached hydrogen (secondary N) is 2. The average Bonchev–Trinajstić information content (AvgIpc) is 2.73. The molecule has 28 heavy (non-hydrogen) atoms. The summed E-state index contributed by atoms with van der Waals surface area (Å²) in [5, 5.41) is 5.59. The summed E-state index contributed by atoms with van der Waals surface area (Å²) in [6.07, 6.45) is 1.87. The van der Waals surface area contributed by atoms with E-state index in [1.54, 1.807) is 24.3 Å². The molecule has 0 aliphatic rings. The van der Waals surface area contributed by atoms with Crippen molar-refractivity contribution >= 4 is 29.2 Å². The maximum Gasteiger partial charge on any atom is 0.354 e. The normalized spacial score (nSPS) is 10.8. The second kappa shape index (κ2) is 9.91. The van der Waals surface area contributed by atoms with Crippen molar-refractivity contribution in [2.24, 2.45) is 0 Å². The predicted molar refractivity (Wildman–Crippen MR) is 106 cm³/mol. The number of esters is 2. The van der Waals surface area contributed by atoms with Crippen LogP contribution in [0.2, 0.25) is 0 Å². The predicted octanol–water partition coefficient (Wildman–Crippen LogP) is 3.14. The molecule has 0 bridgehead atoms. The minimum absolute atomic E-state index is 0.151. The van der Waals surface area contributed by atoms with Crippen LogP contribution >= 0.6 is 0 Å². The SMILES string of the molecule is CCc1ccc(NC(=O)c2ccccc2N/C(=C/C(=O)OC)C(=O)OC)cc1. The quantitative estimate of drug-likeness (QED) is 0.564. The highest BCUT2D eigenvalue weighted by Gasteiger charge is 2.17. The molecule has 0 unspecified atom stereocenters. The maximum absolute atomic E-state index is 12.7. The summed E-state index contributed by atoms with van der Waals surface area (Å²) in [6.45, 7) is 2.05. The fourth-order valence-electron chi connectivity index (χ4n) is 2.39. The van der Waals surface area contributed by atoms with Gasteiger partial charge in [-0.1, -0.05) is 31.2 Å². The maximum atomic E-state index is 12.7. The van der Waals surface area contributed by atoms with Crippen molar-refractivity contribution in [3.05, 3.63) is 71.4 Å². The van der Waals surface area contributed by atoms with E-state index in [4.69, 9.17) is 0 Å². The fourth-order valence-corrected chi connectivity index (χ4v) is 2.39. The molecule has 0 aromatic heterocycles. The van der Waals surface area contributed by atoms with Crippen LogP contribution < -0.4 is 10.6 Å². The number of para-hydroxylation sites is 1. The van der Waals surface area contributed by atoms with Crippen LogP contribution in [0.15, 0.2) is 60.3 Å². The van der Waals surface area contributed by atoms with Crippen molar-refractivity contribution in [2.75, 3.05) is 24.9 Å². The van der Waals surface area contributed by atoms with Crippen LogP contribution in [0.4, 0.5) is 11.4 Å². The molecule has 0 spiro atoms. The molecule has 0 saturated heterocycles. The van der Waals surface area contributed by atoms with Gasteiger partial charge in [-0.3, -0.25) is 4.79 Å². The summed E-state index contributed by atoms with van der Waals surface area (Å²) in [4.78, 5) is 36.2. The Balaban J connectivity index is 2.27. The van der Waals surface area contributed by atoms with Gasteiger partial charge in [-0.15, -0.1) is 0 Å². The molecule has 0 atom stereocenters. The van der Waals surface area contributed by atoms with E-state index < -0.39 is 11.9 Å². The third-order valence-corrected chi connectivity index (χ3v) is 3.93. The second-order valence-corrected chi connectivity index (χ2v) is 5.75. The fraction of sp³-hybridized carbons (Fsp3) is 0.190. The van der Waals surface area contributed by atoms with E-state index >= 15 is 0 Å². The van der Waals surface area contributed by atoms with Crippen molar-refractivity contribution in [1.29, 1.82) is 0 Å². The van der Waals surface area contributed by atoms with E-state index in [0.29, 0.717) is 16.9 Å². The molecule has 0 aliphatic heterocycles. The number of aryl methyl sites for hydroxylation is 1. The van der Waals surface area contributed by atoms with E-state index in [1.165, 1.54) is 14.2 Å². The first-order valence-corrected chi connectivity index (χ1v) is 8.62. The van der Waals surface area contributed by atoms with Gasteiger partial charge in [-0.05, 0) is 36.2 Å². The molecule has 0 saturated carbocycles. The number of anilines is 2. The van der Waals surface area contributed by atoms with Crippen molar-refractivity contribution in [1.82, 2.24) is 0 Å². The summed E-state index contributed by atoms with van der Waals surface area (Å²) in [7, 11) is 2.38. The highest BCUT2D eigenvalue weighted by molar-refractivity contribution is 6.09. The molecule has 2 aromatic carbocycles. The highest BCUT2D eigenvalue weighted by Crippen LogP contribution is 2.20. The van der Waals surface area contributed by atoms with Gasteiger partial charge in [0.15, 0.2) is 0 Å². The van der Waals surface area contributed by atoms with Crippen LogP contribution in [0.5, 0.6) is 0 Å². The zero-order chi connectivity index (χ0) is 20.5. The Kier molecular flexibility index (Phi) is 7.33. The number of hydrogen-bond acceptors (Lipinski definition) is 6. The Hall–Kier alpha value is -3.61. The summed E-state index contributed by atoms with van der Waals surface area (Å²) in [5.41, 5.74) is 2.29. The van der Waals surface area contributed by atoms with E-state index in [1.807, 2.05) is 24.3 Å². The number of ether oxygens (including phenoxy) is 2. The van der Waals surface area contributed by atoms with Gasteiger partial charge >= 0.3 is 11.9 Å². The lowest BCUT2D eigenvalue weighted by Crippen LogP contribution is -2.19. The number of carbonyl (C=O) groups is 3. The Morgan fingerprint density at radius 2 is 1.61 bits per heavy atom. The Morgan fingerprint density at radius 3 is 2.21 bits per heavy atom. The highest BCUT2D eigenvalue weighted by atomic mass is 16.5. The number of benzene rings is 2. The molecule has 7 heteroatoms. The number of rotatable bonds is 7. The van der Waals surface area contributed by atoms with Crippen LogP contribution in [0.1, 0.15) is 22.8 Å². The zero-order valence-electron chi connectivity index (χ0n) is 15.9. The van der Waals surface area contributed by atoms with Crippen LogP contribution in [-0.2, 0) is 25.5 Å². The molecule has 2 aromatic rings. The molecule has 2 N–H and O–H groups in total. The lowest BCUT2D eigenvalue weighted by atomic mass is 10.1. The molecule has 0 aliphatic carbocycles.